The molecule has 2 aliphatic heterocycles. The van der Waals surface area contributed by atoms with Gasteiger partial charge in [0, 0.05) is 5.56 Å². The molecule has 0 N–H and O–H groups in total. The maximum absolute atomic E-state index is 14.8. The molecule has 3 aromatic heterocycles. The summed E-state index contributed by atoms with van der Waals surface area (Å²) in [7, 11) is 1.49. The van der Waals surface area contributed by atoms with Gasteiger partial charge in [0.05, 0.1) is 42.2 Å². The SMILES string of the molecule is COc1ccc(F)cc1C(Cn1c(=O)n(C(C)(C)C(=O)OC(C)(C)C)c(=O)c2c(C)c(-c3ncsn3)sc21)OC1C[C@H]2CC[C@@H](C1)O2. The second kappa shape index (κ2) is 12.5. The lowest BCUT2D eigenvalue weighted by atomic mass is 10.0. The van der Waals surface area contributed by atoms with Crippen LogP contribution in [0.2, 0.25) is 0 Å². The number of hydrogen-bond acceptors (Lipinski definition) is 11. The third-order valence-electron chi connectivity index (χ3n) is 8.73. The van der Waals surface area contributed by atoms with Gasteiger partial charge in [-0.3, -0.25) is 9.36 Å². The van der Waals surface area contributed by atoms with Gasteiger partial charge in [-0.2, -0.15) is 4.37 Å². The zero-order chi connectivity index (χ0) is 33.8. The summed E-state index contributed by atoms with van der Waals surface area (Å²) >= 11 is 2.39. The van der Waals surface area contributed by atoms with Gasteiger partial charge in [-0.05, 0) is 103 Å². The second-order valence-electron chi connectivity index (χ2n) is 13.6. The number of aromatic nitrogens is 4. The van der Waals surface area contributed by atoms with E-state index < -0.39 is 40.3 Å². The summed E-state index contributed by atoms with van der Waals surface area (Å²) in [5.74, 6) is -0.393. The summed E-state index contributed by atoms with van der Waals surface area (Å²) in [6.45, 7) is 9.82. The van der Waals surface area contributed by atoms with Crippen molar-refractivity contribution in [2.45, 2.75) is 109 Å². The molecule has 0 saturated carbocycles. The Morgan fingerprint density at radius 2 is 1.85 bits per heavy atom. The van der Waals surface area contributed by atoms with Crippen molar-refractivity contribution in [2.75, 3.05) is 7.11 Å². The largest absolute Gasteiger partial charge is 0.496 e. The lowest BCUT2D eigenvalue weighted by Crippen LogP contribution is -2.54. The van der Waals surface area contributed by atoms with Crippen LogP contribution in [0.15, 0.2) is 33.3 Å². The summed E-state index contributed by atoms with van der Waals surface area (Å²) in [6, 6.07) is 4.18. The van der Waals surface area contributed by atoms with E-state index in [-0.39, 0.29) is 30.2 Å². The van der Waals surface area contributed by atoms with Crippen LogP contribution in [-0.2, 0) is 31.1 Å². The molecule has 252 valence electrons. The summed E-state index contributed by atoms with van der Waals surface area (Å²) < 4.78 is 45.7. The van der Waals surface area contributed by atoms with Gasteiger partial charge in [0.15, 0.2) is 5.82 Å². The first-order valence-corrected chi connectivity index (χ1v) is 17.3. The average Bonchev–Trinajstić information content (AvgIpc) is 3.72. The molecule has 0 aliphatic carbocycles. The zero-order valence-corrected chi connectivity index (χ0v) is 29.1. The molecule has 2 saturated heterocycles. The highest BCUT2D eigenvalue weighted by Crippen LogP contribution is 2.40. The Balaban J connectivity index is 1.56. The molecular weight excluding hydrogens is 648 g/mol. The third kappa shape index (κ3) is 6.40. The lowest BCUT2D eigenvalue weighted by molar-refractivity contribution is -0.164. The number of carbonyl (C=O) groups is 1. The van der Waals surface area contributed by atoms with Gasteiger partial charge in [-0.15, -0.1) is 11.3 Å². The second-order valence-corrected chi connectivity index (χ2v) is 15.3. The van der Waals surface area contributed by atoms with Crippen molar-refractivity contribution in [3.8, 4) is 16.5 Å². The highest BCUT2D eigenvalue weighted by atomic mass is 32.1. The van der Waals surface area contributed by atoms with Crippen LogP contribution in [0.4, 0.5) is 4.39 Å². The molecule has 0 amide bonds. The number of methoxy groups -OCH3 is 1. The number of carbonyl (C=O) groups excluding carboxylic acids is 1. The molecular formula is C33H39FN4O7S2. The fourth-order valence-corrected chi connectivity index (χ4v) is 8.20. The molecule has 47 heavy (non-hydrogen) atoms. The first kappa shape index (κ1) is 33.4. The number of fused-ring (bicyclic) bond motifs is 3. The molecule has 4 aromatic rings. The quantitative estimate of drug-likeness (QED) is 0.203. The number of aryl methyl sites for hydroxylation is 1. The minimum Gasteiger partial charge on any atom is -0.496 e. The minimum absolute atomic E-state index is 0.0767. The number of nitrogens with zero attached hydrogens (tertiary/aromatic N) is 4. The Morgan fingerprint density at radius 3 is 2.47 bits per heavy atom. The van der Waals surface area contributed by atoms with Crippen molar-refractivity contribution >= 4 is 39.1 Å². The maximum atomic E-state index is 14.8. The Kier molecular flexibility index (Phi) is 8.92. The Labute approximate surface area is 279 Å². The smallest absolute Gasteiger partial charge is 0.333 e. The molecule has 2 aliphatic rings. The van der Waals surface area contributed by atoms with Crippen LogP contribution in [-0.4, -0.2) is 55.5 Å². The number of ether oxygens (including phenoxy) is 4. The van der Waals surface area contributed by atoms with Crippen LogP contribution >= 0.6 is 22.9 Å². The number of hydrogen-bond donors (Lipinski definition) is 0. The highest BCUT2D eigenvalue weighted by molar-refractivity contribution is 7.22. The Morgan fingerprint density at radius 1 is 1.15 bits per heavy atom. The van der Waals surface area contributed by atoms with Crippen molar-refractivity contribution in [1.82, 2.24) is 18.5 Å². The number of halogens is 1. The van der Waals surface area contributed by atoms with E-state index in [0.29, 0.717) is 45.3 Å². The van der Waals surface area contributed by atoms with Crippen molar-refractivity contribution in [3.05, 3.63) is 61.5 Å². The molecule has 1 aromatic carbocycles. The van der Waals surface area contributed by atoms with Crippen molar-refractivity contribution < 1.29 is 28.1 Å². The van der Waals surface area contributed by atoms with Crippen LogP contribution in [0.5, 0.6) is 5.75 Å². The van der Waals surface area contributed by atoms with Crippen LogP contribution in [0.3, 0.4) is 0 Å². The van der Waals surface area contributed by atoms with Gasteiger partial charge >= 0.3 is 11.7 Å². The van der Waals surface area contributed by atoms with E-state index in [4.69, 9.17) is 18.9 Å². The fraction of sp³-hybridized carbons (Fsp3) is 0.545. The molecule has 2 bridgehead atoms. The predicted octanol–water partition coefficient (Wildman–Crippen LogP) is 5.74. The van der Waals surface area contributed by atoms with Gasteiger partial charge in [0.25, 0.3) is 5.56 Å². The average molecular weight is 687 g/mol. The molecule has 0 spiro atoms. The highest BCUT2D eigenvalue weighted by Gasteiger charge is 2.40. The van der Waals surface area contributed by atoms with E-state index in [1.807, 2.05) is 0 Å². The number of rotatable bonds is 9. The first-order chi connectivity index (χ1) is 22.2. The number of esters is 1. The van der Waals surface area contributed by atoms with Gasteiger partial charge in [-0.25, -0.2) is 23.5 Å². The number of benzene rings is 1. The molecule has 5 heterocycles. The Bertz CT molecular complexity index is 1910. The molecule has 2 fully saturated rings. The molecule has 2 unspecified atom stereocenters. The van der Waals surface area contributed by atoms with Crippen molar-refractivity contribution in [1.29, 1.82) is 0 Å². The molecule has 0 radical (unpaired) electrons. The molecule has 6 rings (SSSR count). The maximum Gasteiger partial charge on any atom is 0.333 e. The van der Waals surface area contributed by atoms with E-state index in [2.05, 4.69) is 9.36 Å². The standard InChI is InChI=1S/C33H39FN4O7S2/c1-17-25-28(39)38(33(5,6)30(40)45-32(2,3)4)31(41)37(29(25)47-26(17)27-35-16-46-36-27)15-24(22-12-18(34)8-11-23(22)42-7)44-21-13-19-9-10-20(14-21)43-19/h8,11-12,16,19-21,24H,9-10,13-15H2,1-7H3/t19-,20+,21?,24?. The van der Waals surface area contributed by atoms with Gasteiger partial charge in [-0.1, -0.05) is 0 Å². The van der Waals surface area contributed by atoms with Crippen LogP contribution in [0.25, 0.3) is 20.9 Å². The normalized spacial score (nSPS) is 20.5. The first-order valence-electron chi connectivity index (χ1n) is 15.6. The van der Waals surface area contributed by atoms with Crippen molar-refractivity contribution in [2.24, 2.45) is 0 Å². The van der Waals surface area contributed by atoms with E-state index in [1.165, 1.54) is 66.6 Å². The van der Waals surface area contributed by atoms with Crippen molar-refractivity contribution in [3.63, 3.8) is 0 Å². The van der Waals surface area contributed by atoms with E-state index >= 15 is 0 Å². The fourth-order valence-electron chi connectivity index (χ4n) is 6.47. The van der Waals surface area contributed by atoms with Crippen LogP contribution < -0.4 is 16.0 Å². The van der Waals surface area contributed by atoms with Gasteiger partial charge in [0.1, 0.15) is 39.2 Å². The molecule has 14 heteroatoms. The summed E-state index contributed by atoms with van der Waals surface area (Å²) in [6.07, 6.45) is 2.31. The molecule has 4 atom stereocenters. The minimum atomic E-state index is -1.68. The summed E-state index contributed by atoms with van der Waals surface area (Å²) in [5.41, 5.74) is -1.31. The predicted molar refractivity (Wildman–Crippen MR) is 177 cm³/mol. The lowest BCUT2D eigenvalue weighted by Gasteiger charge is -2.33. The monoisotopic (exact) mass is 686 g/mol. The van der Waals surface area contributed by atoms with Gasteiger partial charge < -0.3 is 18.9 Å². The van der Waals surface area contributed by atoms with E-state index in [0.717, 1.165) is 17.4 Å². The molecule has 11 nitrogen and oxygen atoms in total. The zero-order valence-electron chi connectivity index (χ0n) is 27.5. The Hall–Kier alpha value is -3.46. The number of thiophene rings is 1. The van der Waals surface area contributed by atoms with Gasteiger partial charge in [0.2, 0.25) is 0 Å². The van der Waals surface area contributed by atoms with E-state index in [9.17, 15) is 18.8 Å². The van der Waals surface area contributed by atoms with E-state index in [1.54, 1.807) is 33.2 Å². The third-order valence-corrected chi connectivity index (χ3v) is 10.5. The summed E-state index contributed by atoms with van der Waals surface area (Å²) in [4.78, 5) is 47.9. The van der Waals surface area contributed by atoms with Crippen LogP contribution in [0, 0.1) is 12.7 Å². The summed E-state index contributed by atoms with van der Waals surface area (Å²) in [5, 5.41) is 0.255. The topological polar surface area (TPSA) is 124 Å². The van der Waals surface area contributed by atoms with Crippen LogP contribution in [0.1, 0.15) is 77.5 Å².